The van der Waals surface area contributed by atoms with E-state index < -0.39 is 0 Å². The highest BCUT2D eigenvalue weighted by molar-refractivity contribution is 5.91. The van der Waals surface area contributed by atoms with E-state index in [1.165, 1.54) is 0 Å². The van der Waals surface area contributed by atoms with Crippen LogP contribution in [0.2, 0.25) is 0 Å². The van der Waals surface area contributed by atoms with Gasteiger partial charge in [0.15, 0.2) is 5.76 Å². The summed E-state index contributed by atoms with van der Waals surface area (Å²) in [5.74, 6) is 1.08. The Morgan fingerprint density at radius 2 is 2.08 bits per heavy atom. The van der Waals surface area contributed by atoms with Crippen LogP contribution < -0.4 is 5.32 Å². The van der Waals surface area contributed by atoms with Crippen LogP contribution in [0.5, 0.6) is 0 Å². The Morgan fingerprint density at radius 1 is 1.33 bits per heavy atom. The molecule has 7 nitrogen and oxygen atoms in total. The molecule has 0 aliphatic rings. The molecule has 24 heavy (non-hydrogen) atoms. The minimum atomic E-state index is -0.188. The standard InChI is InChI=1S/C17H27N5O2/c1-5-15-14(12-21(6-2)7-3)10-16(24-15)17(23)18-8-9-22-11-13(4)19-20-22/h10-11H,5-9,12H2,1-4H3,(H,18,23). The fourth-order valence-corrected chi connectivity index (χ4v) is 2.58. The number of aromatic nitrogens is 3. The third kappa shape index (κ3) is 4.67. The van der Waals surface area contributed by atoms with Gasteiger partial charge in [-0.3, -0.25) is 14.4 Å². The first-order chi connectivity index (χ1) is 11.6. The zero-order valence-corrected chi connectivity index (χ0v) is 15.0. The van der Waals surface area contributed by atoms with E-state index in [1.807, 2.05) is 26.1 Å². The second kappa shape index (κ2) is 8.63. The van der Waals surface area contributed by atoms with E-state index in [2.05, 4.69) is 34.4 Å². The summed E-state index contributed by atoms with van der Waals surface area (Å²) < 4.78 is 7.46. The van der Waals surface area contributed by atoms with Crippen molar-refractivity contribution in [3.8, 4) is 0 Å². The van der Waals surface area contributed by atoms with Gasteiger partial charge in [0, 0.05) is 31.3 Å². The second-order valence-electron chi connectivity index (χ2n) is 5.75. The molecule has 0 saturated carbocycles. The Hall–Kier alpha value is -2.15. The number of nitrogens with one attached hydrogen (secondary N) is 1. The van der Waals surface area contributed by atoms with Gasteiger partial charge in [-0.15, -0.1) is 5.10 Å². The van der Waals surface area contributed by atoms with Crippen LogP contribution in [0, 0.1) is 6.92 Å². The summed E-state index contributed by atoms with van der Waals surface area (Å²) in [5, 5.41) is 10.7. The Morgan fingerprint density at radius 3 is 2.67 bits per heavy atom. The molecule has 0 unspecified atom stereocenters. The van der Waals surface area contributed by atoms with Gasteiger partial charge in [-0.2, -0.15) is 0 Å². The minimum absolute atomic E-state index is 0.188. The van der Waals surface area contributed by atoms with Crippen LogP contribution in [0.25, 0.3) is 0 Å². The van der Waals surface area contributed by atoms with Crippen LogP contribution in [0.4, 0.5) is 0 Å². The lowest BCUT2D eigenvalue weighted by molar-refractivity contribution is 0.0922. The number of furan rings is 1. The molecule has 0 aliphatic carbocycles. The average molecular weight is 333 g/mol. The molecular weight excluding hydrogens is 306 g/mol. The summed E-state index contributed by atoms with van der Waals surface area (Å²) in [7, 11) is 0. The normalized spacial score (nSPS) is 11.2. The predicted molar refractivity (Wildman–Crippen MR) is 91.8 cm³/mol. The highest BCUT2D eigenvalue weighted by Crippen LogP contribution is 2.18. The van der Waals surface area contributed by atoms with E-state index in [-0.39, 0.29) is 5.91 Å². The number of amides is 1. The first-order valence-electron chi connectivity index (χ1n) is 8.56. The lowest BCUT2D eigenvalue weighted by Gasteiger charge is -2.17. The van der Waals surface area contributed by atoms with Gasteiger partial charge in [-0.05, 0) is 26.1 Å². The summed E-state index contributed by atoms with van der Waals surface area (Å²) in [6.45, 7) is 12.0. The van der Waals surface area contributed by atoms with E-state index >= 15 is 0 Å². The molecule has 0 aromatic carbocycles. The predicted octanol–water partition coefficient (Wildman–Crippen LogP) is 2.01. The number of rotatable bonds is 9. The molecule has 1 N–H and O–H groups in total. The molecule has 0 spiro atoms. The topological polar surface area (TPSA) is 76.2 Å². The number of nitrogens with zero attached hydrogens (tertiary/aromatic N) is 4. The van der Waals surface area contributed by atoms with Crippen molar-refractivity contribution in [1.29, 1.82) is 0 Å². The molecule has 1 amide bonds. The van der Waals surface area contributed by atoms with E-state index in [9.17, 15) is 4.79 Å². The van der Waals surface area contributed by atoms with Crippen molar-refractivity contribution in [3.63, 3.8) is 0 Å². The highest BCUT2D eigenvalue weighted by Gasteiger charge is 2.17. The molecule has 0 fully saturated rings. The first-order valence-corrected chi connectivity index (χ1v) is 8.56. The Labute approximate surface area is 143 Å². The summed E-state index contributed by atoms with van der Waals surface area (Å²) in [5.41, 5.74) is 1.96. The quantitative estimate of drug-likeness (QED) is 0.760. The summed E-state index contributed by atoms with van der Waals surface area (Å²) in [6.07, 6.45) is 2.62. The number of carbonyl (C=O) groups excluding carboxylic acids is 1. The third-order valence-electron chi connectivity index (χ3n) is 4.01. The monoisotopic (exact) mass is 333 g/mol. The van der Waals surface area contributed by atoms with Gasteiger partial charge in [0.25, 0.3) is 5.91 Å². The number of aryl methyl sites for hydroxylation is 2. The molecule has 0 aliphatic heterocycles. The summed E-state index contributed by atoms with van der Waals surface area (Å²) >= 11 is 0. The molecule has 2 aromatic rings. The van der Waals surface area contributed by atoms with E-state index in [0.29, 0.717) is 18.8 Å². The van der Waals surface area contributed by atoms with Crippen LogP contribution in [-0.2, 0) is 19.5 Å². The molecule has 0 atom stereocenters. The van der Waals surface area contributed by atoms with Crippen molar-refractivity contribution in [2.75, 3.05) is 19.6 Å². The second-order valence-corrected chi connectivity index (χ2v) is 5.75. The van der Waals surface area contributed by atoms with Crippen molar-refractivity contribution in [2.45, 2.75) is 47.2 Å². The molecule has 2 heterocycles. The molecule has 0 bridgehead atoms. The molecule has 0 saturated heterocycles. The summed E-state index contributed by atoms with van der Waals surface area (Å²) in [4.78, 5) is 14.6. The average Bonchev–Trinajstić information content (AvgIpc) is 3.18. The smallest absolute Gasteiger partial charge is 0.287 e. The Balaban J connectivity index is 1.94. The maximum atomic E-state index is 12.3. The maximum Gasteiger partial charge on any atom is 0.287 e. The van der Waals surface area contributed by atoms with Crippen molar-refractivity contribution < 1.29 is 9.21 Å². The zero-order chi connectivity index (χ0) is 17.5. The highest BCUT2D eigenvalue weighted by atomic mass is 16.4. The molecule has 132 valence electrons. The van der Waals surface area contributed by atoms with Crippen LogP contribution in [0.3, 0.4) is 0 Å². The molecule has 7 heteroatoms. The molecule has 0 radical (unpaired) electrons. The lowest BCUT2D eigenvalue weighted by Crippen LogP contribution is -2.27. The zero-order valence-electron chi connectivity index (χ0n) is 15.0. The van der Waals surface area contributed by atoms with Gasteiger partial charge in [0.05, 0.1) is 12.2 Å². The van der Waals surface area contributed by atoms with Crippen molar-refractivity contribution in [2.24, 2.45) is 0 Å². The summed E-state index contributed by atoms with van der Waals surface area (Å²) in [6, 6.07) is 1.87. The Bertz CT molecular complexity index is 658. The van der Waals surface area contributed by atoms with Gasteiger partial charge in [-0.25, -0.2) is 0 Å². The lowest BCUT2D eigenvalue weighted by atomic mass is 10.2. The number of carbonyl (C=O) groups is 1. The van der Waals surface area contributed by atoms with Crippen LogP contribution in [-0.4, -0.2) is 45.4 Å². The van der Waals surface area contributed by atoms with Crippen molar-refractivity contribution >= 4 is 5.91 Å². The van der Waals surface area contributed by atoms with Crippen LogP contribution in [0.15, 0.2) is 16.7 Å². The molecular formula is C17H27N5O2. The number of hydrogen-bond acceptors (Lipinski definition) is 5. The minimum Gasteiger partial charge on any atom is -0.456 e. The largest absolute Gasteiger partial charge is 0.456 e. The van der Waals surface area contributed by atoms with E-state index in [0.717, 1.165) is 43.1 Å². The fourth-order valence-electron chi connectivity index (χ4n) is 2.58. The van der Waals surface area contributed by atoms with Gasteiger partial charge in [0.1, 0.15) is 5.76 Å². The van der Waals surface area contributed by atoms with Crippen molar-refractivity contribution in [3.05, 3.63) is 35.0 Å². The van der Waals surface area contributed by atoms with Crippen LogP contribution >= 0.6 is 0 Å². The van der Waals surface area contributed by atoms with Crippen LogP contribution in [0.1, 0.15) is 48.3 Å². The molecule has 2 aromatic heterocycles. The maximum absolute atomic E-state index is 12.3. The molecule has 2 rings (SSSR count). The van der Waals surface area contributed by atoms with E-state index in [1.54, 1.807) is 4.68 Å². The Kier molecular flexibility index (Phi) is 6.54. The van der Waals surface area contributed by atoms with Gasteiger partial charge < -0.3 is 9.73 Å². The fraction of sp³-hybridized carbons (Fsp3) is 0.588. The first kappa shape index (κ1) is 18.2. The van der Waals surface area contributed by atoms with Crippen molar-refractivity contribution in [1.82, 2.24) is 25.2 Å². The van der Waals surface area contributed by atoms with E-state index in [4.69, 9.17) is 4.42 Å². The van der Waals surface area contributed by atoms with Gasteiger partial charge >= 0.3 is 0 Å². The van der Waals surface area contributed by atoms with Gasteiger partial charge in [0.2, 0.25) is 0 Å². The number of hydrogen-bond donors (Lipinski definition) is 1. The third-order valence-corrected chi connectivity index (χ3v) is 4.01. The van der Waals surface area contributed by atoms with Gasteiger partial charge in [-0.1, -0.05) is 26.0 Å². The SMILES string of the molecule is CCc1oc(C(=O)NCCn2cc(C)nn2)cc1CN(CC)CC.